The van der Waals surface area contributed by atoms with Crippen LogP contribution in [-0.4, -0.2) is 107 Å². The van der Waals surface area contributed by atoms with Gasteiger partial charge < -0.3 is 51.6 Å². The van der Waals surface area contributed by atoms with Gasteiger partial charge in [-0.25, -0.2) is 14.3 Å². The number of benzene rings is 3. The Morgan fingerprint density at radius 3 is 1.95 bits per heavy atom. The van der Waals surface area contributed by atoms with Crippen molar-refractivity contribution in [2.45, 2.75) is 129 Å². The lowest BCUT2D eigenvalue weighted by Crippen LogP contribution is -2.38. The van der Waals surface area contributed by atoms with Gasteiger partial charge in [0.05, 0.1) is 77.8 Å². The number of nitriles is 2. The number of anilines is 1. The first-order valence-electron chi connectivity index (χ1n) is 26.6. The molecule has 4 heterocycles. The molecular weight excluding hydrogens is 1090 g/mol. The summed E-state index contributed by atoms with van der Waals surface area (Å²) in [7, 11) is 1.37. The lowest BCUT2D eigenvalue weighted by atomic mass is 9.80. The van der Waals surface area contributed by atoms with Crippen molar-refractivity contribution in [3.05, 3.63) is 151 Å². The van der Waals surface area contributed by atoms with E-state index in [9.17, 15) is 24.9 Å². The van der Waals surface area contributed by atoms with Gasteiger partial charge >= 0.3 is 18.1 Å². The van der Waals surface area contributed by atoms with Crippen LogP contribution in [0.5, 0.6) is 11.5 Å². The first-order chi connectivity index (χ1) is 38.4. The Kier molecular flexibility index (Phi) is 22.3. The largest absolute Gasteiger partial charge is 0.497 e. The fraction of sp³-hybridized carbons (Fsp3) is 0.500. The smallest absolute Gasteiger partial charge is 0.351 e. The van der Waals surface area contributed by atoms with Gasteiger partial charge in [-0.2, -0.15) is 15.5 Å². The number of nitrogens with one attached hydrogen (secondary N) is 2. The van der Waals surface area contributed by atoms with E-state index in [0.29, 0.717) is 29.8 Å². The van der Waals surface area contributed by atoms with Crippen molar-refractivity contribution in [3.8, 4) is 23.6 Å². The second kappa shape index (κ2) is 28.8. The minimum Gasteiger partial charge on any atom is -0.497 e. The number of H-pyrrole nitrogens is 1. The highest BCUT2D eigenvalue weighted by atomic mass is 32.5. The zero-order valence-electron chi connectivity index (χ0n) is 46.6. The molecule has 8 atom stereocenters. The predicted molar refractivity (Wildman–Crippen MR) is 305 cm³/mol. The summed E-state index contributed by atoms with van der Waals surface area (Å²) in [4.78, 5) is 46.6. The topological polar surface area (TPSA) is 245 Å². The van der Waals surface area contributed by atoms with Crippen molar-refractivity contribution in [2.75, 3.05) is 52.5 Å². The molecule has 0 spiro atoms. The number of ether oxygens (including phenoxy) is 5. The Morgan fingerprint density at radius 2 is 1.38 bits per heavy atom. The van der Waals surface area contributed by atoms with Gasteiger partial charge in [-0.05, 0) is 99.4 Å². The standard InChI is InChI=1S/C56H72N8O13P2S/c1-37(2)33-59-50-25-28-62(54(66)60-50)51-31-46(76-78(71-29-13-26-57)64(38(3)4)39(5)6)49(75-51)36-73-79(80,72-30-14-27-58)77-47-32-52(63-34-40(7)53(65)61-55(63)67)74-48(47)35-70-56(41-15-11-10-12-16-41,42-17-21-44(68-8)22-18-42)43-19-23-45(69-9)24-20-43/h10-12,15-25,28,34,37-39,46-49,51-52H,13-14,29-33,35-36H2,1-9H3,(H,59,60,66)(H,61,65,67)/t46-,47-,48+,49+,51+,52+,78?,79?/m0/s1. The lowest BCUT2D eigenvalue weighted by Gasteiger charge is -2.38. The lowest BCUT2D eigenvalue weighted by molar-refractivity contribution is -0.0941. The maximum atomic E-state index is 13.7. The SMILES string of the molecule is COc1ccc(C(OC[C@H]2O[C@@H](n3cc(C)c(=O)[nH]c3=O)C[C@@H]2OP(=S)(OCCC#N)OC[C@H]2O[C@@H](n3ccc(NCC(C)C)nc3=O)C[C@@H]2OP(OCCC#N)N(C(C)C)C(C)C)(c2ccccc2)c2ccc(OC)cc2)cc1. The van der Waals surface area contributed by atoms with Gasteiger partial charge in [-0.3, -0.25) is 18.9 Å². The van der Waals surface area contributed by atoms with Crippen LogP contribution in [-0.2, 0) is 54.2 Å². The molecule has 0 radical (unpaired) electrons. The van der Waals surface area contributed by atoms with E-state index in [1.54, 1.807) is 33.4 Å². The van der Waals surface area contributed by atoms with E-state index in [1.165, 1.54) is 15.3 Å². The molecule has 2 saturated heterocycles. The number of nitrogens with zero attached hydrogens (tertiary/aromatic N) is 6. The first kappa shape index (κ1) is 61.9. The van der Waals surface area contributed by atoms with Crippen LogP contribution >= 0.6 is 15.2 Å². The maximum Gasteiger partial charge on any atom is 0.351 e. The molecule has 2 fully saturated rings. The molecule has 0 saturated carbocycles. The molecule has 430 valence electrons. The van der Waals surface area contributed by atoms with E-state index in [-0.39, 0.29) is 69.8 Å². The molecule has 2 aromatic heterocycles. The van der Waals surface area contributed by atoms with Crippen LogP contribution in [0.1, 0.15) is 102 Å². The Bertz CT molecular complexity index is 3060. The Labute approximate surface area is 473 Å². The number of rotatable bonds is 29. The Morgan fingerprint density at radius 1 is 0.800 bits per heavy atom. The number of aromatic amines is 1. The third-order valence-corrected chi connectivity index (χ3v) is 17.8. The minimum atomic E-state index is -3.97. The van der Waals surface area contributed by atoms with Gasteiger partial charge in [-0.1, -0.05) is 68.4 Å². The van der Waals surface area contributed by atoms with E-state index in [0.717, 1.165) is 16.7 Å². The van der Waals surface area contributed by atoms with Crippen LogP contribution in [0.3, 0.4) is 0 Å². The first-order valence-corrected chi connectivity index (χ1v) is 30.2. The van der Waals surface area contributed by atoms with Crippen molar-refractivity contribution in [1.82, 2.24) is 23.8 Å². The van der Waals surface area contributed by atoms with Crippen LogP contribution < -0.4 is 31.7 Å². The highest BCUT2D eigenvalue weighted by Crippen LogP contribution is 2.56. The average Bonchev–Trinajstić information content (AvgIpc) is 4.10. The number of hydrogen-bond acceptors (Lipinski definition) is 19. The summed E-state index contributed by atoms with van der Waals surface area (Å²) in [6.45, 7) is 9.91. The second-order valence-electron chi connectivity index (χ2n) is 20.1. The molecule has 24 heteroatoms. The minimum absolute atomic E-state index is 0.00241. The molecule has 2 unspecified atom stereocenters. The molecule has 21 nitrogen and oxygen atoms in total. The van der Waals surface area contributed by atoms with Crippen LogP contribution in [0.2, 0.25) is 0 Å². The molecule has 3 aromatic carbocycles. The van der Waals surface area contributed by atoms with Gasteiger partial charge in [0.2, 0.25) is 0 Å². The van der Waals surface area contributed by atoms with E-state index < -0.39 is 74.7 Å². The van der Waals surface area contributed by atoms with Crippen LogP contribution in [0.4, 0.5) is 5.82 Å². The van der Waals surface area contributed by atoms with E-state index in [2.05, 4.69) is 45.9 Å². The van der Waals surface area contributed by atoms with Gasteiger partial charge in [0.25, 0.3) is 14.1 Å². The number of aryl methyl sites for hydroxylation is 1. The van der Waals surface area contributed by atoms with Gasteiger partial charge in [0.15, 0.2) is 0 Å². The Hall–Kier alpha value is -5.68. The average molecular weight is 1160 g/mol. The predicted octanol–water partition coefficient (Wildman–Crippen LogP) is 8.99. The van der Waals surface area contributed by atoms with Crippen molar-refractivity contribution >= 4 is 32.9 Å². The molecule has 0 bridgehead atoms. The zero-order valence-corrected chi connectivity index (χ0v) is 49.2. The summed E-state index contributed by atoms with van der Waals surface area (Å²) in [5, 5.41) is 22.4. The molecule has 2 aliphatic heterocycles. The van der Waals surface area contributed by atoms with Crippen molar-refractivity contribution in [3.63, 3.8) is 0 Å². The molecule has 5 aromatic rings. The molecule has 80 heavy (non-hydrogen) atoms. The van der Waals surface area contributed by atoms with Gasteiger partial charge in [0.1, 0.15) is 47.6 Å². The summed E-state index contributed by atoms with van der Waals surface area (Å²) in [5.41, 5.74) is -0.567. The van der Waals surface area contributed by atoms with Crippen molar-refractivity contribution in [1.29, 1.82) is 10.5 Å². The monoisotopic (exact) mass is 1160 g/mol. The number of methoxy groups -OCH3 is 2. The quantitative estimate of drug-likeness (QED) is 0.0258. The van der Waals surface area contributed by atoms with E-state index in [4.69, 9.17) is 58.1 Å². The van der Waals surface area contributed by atoms with Gasteiger partial charge in [0, 0.05) is 49.4 Å². The van der Waals surface area contributed by atoms with E-state index >= 15 is 0 Å². The number of aromatic nitrogens is 4. The highest BCUT2D eigenvalue weighted by molar-refractivity contribution is 8.07. The number of hydrogen-bond donors (Lipinski definition) is 2. The normalized spacial score (nSPS) is 20.4. The Balaban J connectivity index is 1.26. The fourth-order valence-corrected chi connectivity index (χ4v) is 13.3. The zero-order chi connectivity index (χ0) is 57.6. The second-order valence-corrected chi connectivity index (χ2v) is 24.5. The summed E-state index contributed by atoms with van der Waals surface area (Å²) in [6, 6.07) is 30.6. The van der Waals surface area contributed by atoms with E-state index in [1.807, 2.05) is 107 Å². The summed E-state index contributed by atoms with van der Waals surface area (Å²) < 4.78 is 69.7. The third-order valence-electron chi connectivity index (χ3n) is 13.3. The molecule has 0 amide bonds. The van der Waals surface area contributed by atoms with Crippen LogP contribution in [0.25, 0.3) is 0 Å². The maximum absolute atomic E-state index is 13.7. The van der Waals surface area contributed by atoms with Crippen molar-refractivity contribution < 1.29 is 46.3 Å². The molecule has 2 N–H and O–H groups in total. The summed E-state index contributed by atoms with van der Waals surface area (Å²) >= 11 is 6.27. The van der Waals surface area contributed by atoms with Crippen molar-refractivity contribution in [2.24, 2.45) is 5.92 Å². The fourth-order valence-electron chi connectivity index (χ4n) is 9.43. The summed E-state index contributed by atoms with van der Waals surface area (Å²) in [6.07, 6.45) is -2.30. The van der Waals surface area contributed by atoms with Gasteiger partial charge in [-0.15, -0.1) is 0 Å². The van der Waals surface area contributed by atoms with Crippen LogP contribution in [0, 0.1) is 35.5 Å². The summed E-state index contributed by atoms with van der Waals surface area (Å²) in [5.74, 6) is 2.00. The molecule has 2 aliphatic rings. The molecule has 0 aliphatic carbocycles. The van der Waals surface area contributed by atoms with Crippen LogP contribution in [0.15, 0.2) is 112 Å². The highest BCUT2D eigenvalue weighted by Gasteiger charge is 2.47. The third kappa shape index (κ3) is 15.4. The molecular formula is C56H72N8O13P2S. The molecule has 7 rings (SSSR count).